The Morgan fingerprint density at radius 3 is 2.56 bits per heavy atom. The molecule has 0 saturated carbocycles. The quantitative estimate of drug-likeness (QED) is 0.759. The maximum absolute atomic E-state index is 12.5. The van der Waals surface area contributed by atoms with Crippen molar-refractivity contribution in [3.63, 3.8) is 0 Å². The van der Waals surface area contributed by atoms with Gasteiger partial charge < -0.3 is 9.88 Å². The molecule has 0 spiro atoms. The minimum Gasteiger partial charge on any atom is -0.330 e. The topological polar surface area (TPSA) is 50.2 Å². The van der Waals surface area contributed by atoms with E-state index in [-0.39, 0.29) is 5.91 Å². The molecule has 0 atom stereocenters. The second-order valence-corrected chi connectivity index (χ2v) is 7.45. The number of piperidine rings is 1. The van der Waals surface area contributed by atoms with Crippen molar-refractivity contribution in [2.75, 3.05) is 18.4 Å². The van der Waals surface area contributed by atoms with Crippen LogP contribution in [-0.2, 0) is 13.6 Å². The predicted molar refractivity (Wildman–Crippen MR) is 109 cm³/mol. The number of anilines is 1. The lowest BCUT2D eigenvalue weighted by atomic mass is 10.1. The van der Waals surface area contributed by atoms with Gasteiger partial charge in [-0.3, -0.25) is 9.69 Å². The minimum atomic E-state index is -0.0983. The number of aryl methyl sites for hydroxylation is 2. The zero-order valence-electron chi connectivity index (χ0n) is 16.0. The maximum Gasteiger partial charge on any atom is 0.255 e. The van der Waals surface area contributed by atoms with Crippen LogP contribution < -0.4 is 5.32 Å². The average molecular weight is 362 g/mol. The van der Waals surface area contributed by atoms with Gasteiger partial charge in [0.15, 0.2) is 0 Å². The summed E-state index contributed by atoms with van der Waals surface area (Å²) < 4.78 is 2.16. The van der Waals surface area contributed by atoms with Crippen molar-refractivity contribution < 1.29 is 4.79 Å². The monoisotopic (exact) mass is 362 g/mol. The summed E-state index contributed by atoms with van der Waals surface area (Å²) in [6.45, 7) is 5.20. The van der Waals surface area contributed by atoms with Crippen LogP contribution in [0.25, 0.3) is 11.0 Å². The van der Waals surface area contributed by atoms with Crippen molar-refractivity contribution in [1.29, 1.82) is 0 Å². The van der Waals surface area contributed by atoms with Crippen LogP contribution in [0, 0.1) is 6.92 Å². The summed E-state index contributed by atoms with van der Waals surface area (Å²) in [4.78, 5) is 19.8. The van der Waals surface area contributed by atoms with E-state index < -0.39 is 0 Å². The molecule has 0 bridgehead atoms. The number of fused-ring (bicyclic) bond motifs is 1. The summed E-state index contributed by atoms with van der Waals surface area (Å²) in [6.07, 6.45) is 3.89. The Morgan fingerprint density at radius 2 is 1.81 bits per heavy atom. The number of hydrogen-bond donors (Lipinski definition) is 1. The molecule has 1 aliphatic heterocycles. The number of hydrogen-bond acceptors (Lipinski definition) is 3. The number of carbonyl (C=O) groups excluding carboxylic acids is 1. The van der Waals surface area contributed by atoms with Gasteiger partial charge in [-0.25, -0.2) is 4.98 Å². The number of amides is 1. The molecule has 4 rings (SSSR count). The molecular formula is C22H26N4O. The van der Waals surface area contributed by atoms with Gasteiger partial charge in [0.2, 0.25) is 0 Å². The molecule has 1 aromatic heterocycles. The van der Waals surface area contributed by atoms with Crippen LogP contribution in [0.1, 0.15) is 41.0 Å². The van der Waals surface area contributed by atoms with Gasteiger partial charge in [0, 0.05) is 18.3 Å². The van der Waals surface area contributed by atoms with Crippen molar-refractivity contribution in [3.8, 4) is 0 Å². The van der Waals surface area contributed by atoms with Crippen LogP contribution in [-0.4, -0.2) is 33.4 Å². The highest BCUT2D eigenvalue weighted by Crippen LogP contribution is 2.22. The Kier molecular flexibility index (Phi) is 4.94. The number of imidazole rings is 1. The predicted octanol–water partition coefficient (Wildman–Crippen LogP) is 4.12. The van der Waals surface area contributed by atoms with E-state index >= 15 is 0 Å². The molecule has 140 valence electrons. The third kappa shape index (κ3) is 3.88. The molecule has 0 unspecified atom stereocenters. The molecule has 1 aliphatic rings. The van der Waals surface area contributed by atoms with Crippen molar-refractivity contribution in [3.05, 3.63) is 59.4 Å². The zero-order chi connectivity index (χ0) is 18.8. The van der Waals surface area contributed by atoms with Gasteiger partial charge in [0.1, 0.15) is 5.82 Å². The lowest BCUT2D eigenvalue weighted by Gasteiger charge is -2.25. The highest BCUT2D eigenvalue weighted by molar-refractivity contribution is 6.05. The van der Waals surface area contributed by atoms with Gasteiger partial charge in [-0.05, 0) is 63.2 Å². The summed E-state index contributed by atoms with van der Waals surface area (Å²) >= 11 is 0. The molecule has 2 heterocycles. The van der Waals surface area contributed by atoms with Crippen molar-refractivity contribution in [2.45, 2.75) is 32.7 Å². The van der Waals surface area contributed by atoms with E-state index in [0.29, 0.717) is 5.56 Å². The molecule has 1 fully saturated rings. The maximum atomic E-state index is 12.5. The van der Waals surface area contributed by atoms with Gasteiger partial charge in [-0.1, -0.05) is 24.1 Å². The van der Waals surface area contributed by atoms with Crippen LogP contribution in [0.5, 0.6) is 0 Å². The summed E-state index contributed by atoms with van der Waals surface area (Å²) in [5.74, 6) is 0.979. The van der Waals surface area contributed by atoms with E-state index in [0.717, 1.165) is 47.7 Å². The van der Waals surface area contributed by atoms with E-state index in [4.69, 9.17) is 4.98 Å². The second-order valence-electron chi connectivity index (χ2n) is 7.45. The lowest BCUT2D eigenvalue weighted by Crippen LogP contribution is -2.30. The molecule has 0 radical (unpaired) electrons. The van der Waals surface area contributed by atoms with E-state index in [1.165, 1.54) is 19.3 Å². The number of rotatable bonds is 4. The first-order valence-corrected chi connectivity index (χ1v) is 9.66. The van der Waals surface area contributed by atoms with Gasteiger partial charge in [0.05, 0.1) is 17.6 Å². The molecule has 5 nitrogen and oxygen atoms in total. The average Bonchev–Trinajstić information content (AvgIpc) is 2.98. The molecule has 27 heavy (non-hydrogen) atoms. The third-order valence-electron chi connectivity index (χ3n) is 5.36. The first-order valence-electron chi connectivity index (χ1n) is 9.66. The van der Waals surface area contributed by atoms with Gasteiger partial charge >= 0.3 is 0 Å². The Morgan fingerprint density at radius 1 is 1.07 bits per heavy atom. The highest BCUT2D eigenvalue weighted by Gasteiger charge is 2.15. The summed E-state index contributed by atoms with van der Waals surface area (Å²) in [5.41, 5.74) is 4.59. The first kappa shape index (κ1) is 17.7. The Balaban J connectivity index is 1.53. The molecule has 0 aliphatic carbocycles. The summed E-state index contributed by atoms with van der Waals surface area (Å²) in [6, 6.07) is 13.5. The molecule has 2 aromatic carbocycles. The van der Waals surface area contributed by atoms with E-state index in [1.807, 2.05) is 49.4 Å². The SMILES string of the molecule is Cc1ccc(C(=O)Nc2ccc3c(c2)nc(CN2CCCCC2)n3C)cc1. The van der Waals surface area contributed by atoms with Crippen molar-refractivity contribution in [1.82, 2.24) is 14.5 Å². The van der Waals surface area contributed by atoms with Crippen LogP contribution in [0.4, 0.5) is 5.69 Å². The van der Waals surface area contributed by atoms with Crippen LogP contribution in [0.2, 0.25) is 0 Å². The number of nitrogens with one attached hydrogen (secondary N) is 1. The number of nitrogens with zero attached hydrogens (tertiary/aromatic N) is 3. The Bertz CT molecular complexity index is 952. The van der Waals surface area contributed by atoms with E-state index in [2.05, 4.69) is 21.8 Å². The normalized spacial score (nSPS) is 15.2. The highest BCUT2D eigenvalue weighted by atomic mass is 16.1. The number of aromatic nitrogens is 2. The molecule has 1 N–H and O–H groups in total. The fourth-order valence-electron chi connectivity index (χ4n) is 3.69. The summed E-state index contributed by atoms with van der Waals surface area (Å²) in [7, 11) is 2.07. The van der Waals surface area contributed by atoms with Crippen LogP contribution in [0.15, 0.2) is 42.5 Å². The Hall–Kier alpha value is -2.66. The van der Waals surface area contributed by atoms with Gasteiger partial charge in [-0.2, -0.15) is 0 Å². The van der Waals surface area contributed by atoms with Crippen LogP contribution in [0.3, 0.4) is 0 Å². The lowest BCUT2D eigenvalue weighted by molar-refractivity contribution is 0.102. The zero-order valence-corrected chi connectivity index (χ0v) is 16.0. The van der Waals surface area contributed by atoms with Crippen molar-refractivity contribution >= 4 is 22.6 Å². The van der Waals surface area contributed by atoms with Gasteiger partial charge in [-0.15, -0.1) is 0 Å². The fraction of sp³-hybridized carbons (Fsp3) is 0.364. The number of carbonyl (C=O) groups is 1. The molecule has 1 amide bonds. The smallest absolute Gasteiger partial charge is 0.255 e. The van der Waals surface area contributed by atoms with Crippen molar-refractivity contribution in [2.24, 2.45) is 7.05 Å². The molecule has 1 saturated heterocycles. The molecule has 5 heteroatoms. The minimum absolute atomic E-state index is 0.0983. The van der Waals surface area contributed by atoms with E-state index in [9.17, 15) is 4.79 Å². The number of benzene rings is 2. The molecule has 3 aromatic rings. The largest absolute Gasteiger partial charge is 0.330 e. The van der Waals surface area contributed by atoms with E-state index in [1.54, 1.807) is 0 Å². The summed E-state index contributed by atoms with van der Waals surface area (Å²) in [5, 5.41) is 2.98. The number of likely N-dealkylation sites (tertiary alicyclic amines) is 1. The third-order valence-corrected chi connectivity index (χ3v) is 5.36. The second kappa shape index (κ2) is 7.53. The van der Waals surface area contributed by atoms with Crippen LogP contribution >= 0.6 is 0 Å². The van der Waals surface area contributed by atoms with Gasteiger partial charge in [0.25, 0.3) is 5.91 Å². The fourth-order valence-corrected chi connectivity index (χ4v) is 3.69. The molecular weight excluding hydrogens is 336 g/mol. The standard InChI is InChI=1S/C22H26N4O/c1-16-6-8-17(9-7-16)22(27)23-18-10-11-20-19(14-18)24-21(25(20)2)15-26-12-4-3-5-13-26/h6-11,14H,3-5,12-13,15H2,1-2H3,(H,23,27). The Labute approximate surface area is 160 Å². The first-order chi connectivity index (χ1) is 13.1.